The van der Waals surface area contributed by atoms with Crippen molar-refractivity contribution in [1.82, 2.24) is 0 Å². The fourth-order valence-electron chi connectivity index (χ4n) is 8.47. The van der Waals surface area contributed by atoms with Crippen LogP contribution in [0.2, 0.25) is 0 Å². The summed E-state index contributed by atoms with van der Waals surface area (Å²) in [7, 11) is 0. The van der Waals surface area contributed by atoms with Crippen LogP contribution in [0.1, 0.15) is 79.3 Å². The van der Waals surface area contributed by atoms with E-state index in [-0.39, 0.29) is 29.1 Å². The van der Waals surface area contributed by atoms with E-state index >= 15 is 0 Å². The standard InChI is InChI=1S/C38H40N2O3/c1-38-22-33(36-31-18-16-30(41)21-27(31)13-17-32(36)34(38)19-20-35(38)42)25-9-11-26(12-10-25)37(43)40-29-14-7-24(8-15-29)23-39-28-5-3-2-4-6-28/h2-12,14-15,21,32-35,39,42H,13,16-20,22-23H2,1H3,(H,40,43). The second-order valence-corrected chi connectivity index (χ2v) is 13.2. The van der Waals surface area contributed by atoms with Gasteiger partial charge in [0, 0.05) is 35.8 Å². The summed E-state index contributed by atoms with van der Waals surface area (Å²) in [5.41, 5.74) is 8.87. The van der Waals surface area contributed by atoms with Crippen molar-refractivity contribution < 1.29 is 14.7 Å². The van der Waals surface area contributed by atoms with Crippen molar-refractivity contribution in [2.45, 2.75) is 70.4 Å². The molecule has 0 spiro atoms. The third-order valence-electron chi connectivity index (χ3n) is 10.7. The molecular weight excluding hydrogens is 532 g/mol. The van der Waals surface area contributed by atoms with Crippen LogP contribution in [-0.2, 0) is 11.3 Å². The maximum Gasteiger partial charge on any atom is 0.255 e. The van der Waals surface area contributed by atoms with Gasteiger partial charge in [0.1, 0.15) is 0 Å². The fraction of sp³-hybridized carbons (Fsp3) is 0.368. The topological polar surface area (TPSA) is 78.4 Å². The highest BCUT2D eigenvalue weighted by molar-refractivity contribution is 6.04. The van der Waals surface area contributed by atoms with Crippen LogP contribution in [0.25, 0.3) is 0 Å². The van der Waals surface area contributed by atoms with Crippen LogP contribution in [0, 0.1) is 17.3 Å². The van der Waals surface area contributed by atoms with E-state index in [1.165, 1.54) is 22.3 Å². The molecule has 0 aliphatic heterocycles. The number of anilines is 2. The number of fused-ring (bicyclic) bond motifs is 4. The quantitative estimate of drug-likeness (QED) is 0.282. The first-order valence-corrected chi connectivity index (χ1v) is 15.8. The Labute approximate surface area is 254 Å². The van der Waals surface area contributed by atoms with E-state index in [1.807, 2.05) is 72.8 Å². The minimum atomic E-state index is -0.276. The molecule has 0 heterocycles. The number of aliphatic hydroxyl groups excluding tert-OH is 1. The first-order chi connectivity index (χ1) is 20.9. The number of ketones is 1. The Morgan fingerprint density at radius 3 is 2.42 bits per heavy atom. The lowest BCUT2D eigenvalue weighted by Crippen LogP contribution is -2.45. The molecule has 4 aliphatic rings. The molecule has 0 saturated heterocycles. The number of rotatable bonds is 6. The summed E-state index contributed by atoms with van der Waals surface area (Å²) in [4.78, 5) is 25.4. The van der Waals surface area contributed by atoms with E-state index in [4.69, 9.17) is 0 Å². The number of carbonyl (C=O) groups excluding carboxylic acids is 2. The Morgan fingerprint density at radius 1 is 0.884 bits per heavy atom. The molecule has 2 fully saturated rings. The van der Waals surface area contributed by atoms with Crippen LogP contribution in [0.4, 0.5) is 11.4 Å². The van der Waals surface area contributed by atoms with Gasteiger partial charge in [0.25, 0.3) is 5.91 Å². The summed E-state index contributed by atoms with van der Waals surface area (Å²) in [6, 6.07) is 26.1. The van der Waals surface area contributed by atoms with E-state index in [9.17, 15) is 14.7 Å². The first kappa shape index (κ1) is 27.8. The Bertz CT molecular complexity index is 1590. The highest BCUT2D eigenvalue weighted by Gasteiger charge is 2.56. The Morgan fingerprint density at radius 2 is 1.65 bits per heavy atom. The monoisotopic (exact) mass is 572 g/mol. The predicted octanol–water partition coefficient (Wildman–Crippen LogP) is 7.81. The molecular formula is C38H40N2O3. The lowest BCUT2D eigenvalue weighted by Gasteiger charge is -2.52. The van der Waals surface area contributed by atoms with Gasteiger partial charge in [0.05, 0.1) is 6.10 Å². The molecule has 2 saturated carbocycles. The van der Waals surface area contributed by atoms with Gasteiger partial charge < -0.3 is 15.7 Å². The van der Waals surface area contributed by atoms with Crippen LogP contribution in [-0.4, -0.2) is 22.9 Å². The number of aliphatic hydroxyl groups is 1. The minimum absolute atomic E-state index is 0.107. The van der Waals surface area contributed by atoms with E-state index in [1.54, 1.807) is 0 Å². The maximum absolute atomic E-state index is 13.2. The molecule has 3 aromatic carbocycles. The zero-order valence-electron chi connectivity index (χ0n) is 24.8. The molecule has 0 radical (unpaired) electrons. The molecule has 5 nitrogen and oxygen atoms in total. The molecule has 5 unspecified atom stereocenters. The van der Waals surface area contributed by atoms with Gasteiger partial charge in [0.2, 0.25) is 0 Å². The normalized spacial score (nSPS) is 28.0. The Kier molecular flexibility index (Phi) is 7.30. The average Bonchev–Trinajstić information content (AvgIpc) is 3.34. The van der Waals surface area contributed by atoms with Crippen LogP contribution in [0.3, 0.4) is 0 Å². The van der Waals surface area contributed by atoms with Gasteiger partial charge in [-0.3, -0.25) is 9.59 Å². The van der Waals surface area contributed by atoms with Crippen LogP contribution < -0.4 is 10.6 Å². The lowest BCUT2D eigenvalue weighted by atomic mass is 9.53. The summed E-state index contributed by atoms with van der Waals surface area (Å²) < 4.78 is 0. The van der Waals surface area contributed by atoms with Crippen molar-refractivity contribution in [2.75, 3.05) is 10.6 Å². The zero-order chi connectivity index (χ0) is 29.6. The molecule has 1 amide bonds. The van der Waals surface area contributed by atoms with Crippen LogP contribution in [0.5, 0.6) is 0 Å². The largest absolute Gasteiger partial charge is 0.393 e. The van der Waals surface area contributed by atoms with E-state index in [2.05, 4.69) is 29.7 Å². The number of amides is 1. The number of benzene rings is 3. The van der Waals surface area contributed by atoms with Gasteiger partial charge in [-0.15, -0.1) is 0 Å². The zero-order valence-corrected chi connectivity index (χ0v) is 24.8. The molecule has 43 heavy (non-hydrogen) atoms. The summed E-state index contributed by atoms with van der Waals surface area (Å²) in [5.74, 6) is 1.26. The number of carbonyl (C=O) groups is 2. The molecule has 5 atom stereocenters. The SMILES string of the molecule is CC12CC(c3ccc(C(=O)Nc4ccc(CNc5ccccc5)cc4)cc3)C3=C4CCC(=O)C=C4CCC3C1CCC2O. The smallest absolute Gasteiger partial charge is 0.255 e. The third kappa shape index (κ3) is 5.25. The molecule has 3 N–H and O–H groups in total. The number of allylic oxidation sites excluding steroid dienone is 4. The van der Waals surface area contributed by atoms with E-state index < -0.39 is 0 Å². The van der Waals surface area contributed by atoms with Crippen LogP contribution in [0.15, 0.2) is 102 Å². The molecule has 7 rings (SSSR count). The molecule has 0 bridgehead atoms. The minimum Gasteiger partial charge on any atom is -0.393 e. The number of hydrogen-bond donors (Lipinski definition) is 3. The van der Waals surface area contributed by atoms with E-state index in [0.29, 0.717) is 30.4 Å². The van der Waals surface area contributed by atoms with Gasteiger partial charge >= 0.3 is 0 Å². The Hall–Kier alpha value is -3.96. The van der Waals surface area contributed by atoms with Crippen molar-refractivity contribution in [3.05, 3.63) is 118 Å². The van der Waals surface area contributed by atoms with Crippen molar-refractivity contribution in [3.8, 4) is 0 Å². The summed E-state index contributed by atoms with van der Waals surface area (Å²) >= 11 is 0. The highest BCUT2D eigenvalue weighted by Crippen LogP contribution is 2.63. The predicted molar refractivity (Wildman–Crippen MR) is 171 cm³/mol. The maximum atomic E-state index is 13.2. The van der Waals surface area contributed by atoms with Gasteiger partial charge in [-0.1, -0.05) is 55.0 Å². The van der Waals surface area contributed by atoms with Crippen molar-refractivity contribution in [1.29, 1.82) is 0 Å². The highest BCUT2D eigenvalue weighted by atomic mass is 16.3. The van der Waals surface area contributed by atoms with Crippen molar-refractivity contribution in [3.63, 3.8) is 0 Å². The second-order valence-electron chi connectivity index (χ2n) is 13.2. The van der Waals surface area contributed by atoms with Crippen LogP contribution >= 0.6 is 0 Å². The molecule has 220 valence electrons. The van der Waals surface area contributed by atoms with Gasteiger partial charge in [-0.25, -0.2) is 0 Å². The number of hydrogen-bond acceptors (Lipinski definition) is 4. The second kappa shape index (κ2) is 11.3. The molecule has 5 heteroatoms. The van der Waals surface area contributed by atoms with Gasteiger partial charge in [-0.05, 0) is 121 Å². The molecule has 4 aliphatic carbocycles. The van der Waals surface area contributed by atoms with Crippen molar-refractivity contribution >= 4 is 23.1 Å². The van der Waals surface area contributed by atoms with E-state index in [0.717, 1.165) is 55.5 Å². The summed E-state index contributed by atoms with van der Waals surface area (Å²) in [5, 5.41) is 17.6. The summed E-state index contributed by atoms with van der Waals surface area (Å²) in [6.07, 6.45) is 7.93. The van der Waals surface area contributed by atoms with Crippen molar-refractivity contribution in [2.24, 2.45) is 17.3 Å². The first-order valence-electron chi connectivity index (χ1n) is 15.8. The molecule has 3 aromatic rings. The average molecular weight is 573 g/mol. The van der Waals surface area contributed by atoms with Gasteiger partial charge in [0.15, 0.2) is 5.78 Å². The number of nitrogens with one attached hydrogen (secondary N) is 2. The lowest BCUT2D eigenvalue weighted by molar-refractivity contribution is -0.114. The third-order valence-corrected chi connectivity index (χ3v) is 10.7. The molecule has 0 aromatic heterocycles. The fourth-order valence-corrected chi connectivity index (χ4v) is 8.47. The number of para-hydroxylation sites is 1. The summed E-state index contributed by atoms with van der Waals surface area (Å²) in [6.45, 7) is 3.01. The Balaban J connectivity index is 1.09. The van der Waals surface area contributed by atoms with Gasteiger partial charge in [-0.2, -0.15) is 0 Å².